The lowest BCUT2D eigenvalue weighted by molar-refractivity contribution is -0.139. The third kappa shape index (κ3) is 6.29. The maximum absolute atomic E-state index is 12.2. The van der Waals surface area contributed by atoms with Crippen molar-refractivity contribution in [1.29, 1.82) is 0 Å². The summed E-state index contributed by atoms with van der Waals surface area (Å²) in [6.07, 6.45) is 2.12. The molecule has 0 aliphatic heterocycles. The van der Waals surface area contributed by atoms with Crippen LogP contribution in [0.3, 0.4) is 0 Å². The van der Waals surface area contributed by atoms with Crippen LogP contribution in [-0.2, 0) is 0 Å². The lowest BCUT2D eigenvalue weighted by atomic mass is 9.83. The van der Waals surface area contributed by atoms with E-state index in [1.165, 1.54) is 25.7 Å². The van der Waals surface area contributed by atoms with E-state index in [4.69, 9.17) is 0 Å². The third-order valence-corrected chi connectivity index (χ3v) is 3.60. The fourth-order valence-corrected chi connectivity index (χ4v) is 2.83. The second-order valence-corrected chi connectivity index (χ2v) is 5.39. The zero-order valence-corrected chi connectivity index (χ0v) is 10.8. The van der Waals surface area contributed by atoms with E-state index in [0.29, 0.717) is 6.04 Å². The van der Waals surface area contributed by atoms with Gasteiger partial charge >= 0.3 is 6.18 Å². The molecule has 1 unspecified atom stereocenters. The van der Waals surface area contributed by atoms with Crippen LogP contribution in [0.1, 0.15) is 58.8 Å². The van der Waals surface area contributed by atoms with Crippen molar-refractivity contribution in [3.05, 3.63) is 0 Å². The van der Waals surface area contributed by atoms with Crippen molar-refractivity contribution in [3.8, 4) is 0 Å². The fourth-order valence-electron chi connectivity index (χ4n) is 2.83. The van der Waals surface area contributed by atoms with Crippen LogP contribution in [0.2, 0.25) is 0 Å². The van der Waals surface area contributed by atoms with Crippen LogP contribution in [0.15, 0.2) is 0 Å². The van der Waals surface area contributed by atoms with Crippen molar-refractivity contribution in [2.45, 2.75) is 77.1 Å². The van der Waals surface area contributed by atoms with Crippen LogP contribution < -0.4 is 5.32 Å². The molecule has 0 bridgehead atoms. The molecular weight excluding hydrogens is 227 g/mol. The molecule has 0 aromatic heterocycles. The van der Waals surface area contributed by atoms with E-state index in [1.807, 2.05) is 0 Å². The Morgan fingerprint density at radius 3 is 2.24 bits per heavy atom. The third-order valence-electron chi connectivity index (χ3n) is 3.60. The van der Waals surface area contributed by atoms with Crippen molar-refractivity contribution in [1.82, 2.24) is 5.32 Å². The molecule has 1 fully saturated rings. The Hall–Kier alpha value is -0.250. The van der Waals surface area contributed by atoms with E-state index in [1.54, 1.807) is 6.92 Å². The summed E-state index contributed by atoms with van der Waals surface area (Å²) in [5.41, 5.74) is 0. The first-order valence-electron chi connectivity index (χ1n) is 6.73. The van der Waals surface area contributed by atoms with Gasteiger partial charge in [-0.05, 0) is 38.5 Å². The SMILES string of the molecule is CCCC1CCC(NC(C)CC(F)(F)F)CC1. The van der Waals surface area contributed by atoms with Crippen LogP contribution >= 0.6 is 0 Å². The topological polar surface area (TPSA) is 12.0 Å². The van der Waals surface area contributed by atoms with Gasteiger partial charge in [-0.1, -0.05) is 19.8 Å². The summed E-state index contributed by atoms with van der Waals surface area (Å²) in [5.74, 6) is 0.802. The number of alkyl halides is 3. The van der Waals surface area contributed by atoms with E-state index in [2.05, 4.69) is 12.2 Å². The molecule has 0 amide bonds. The highest BCUT2D eigenvalue weighted by atomic mass is 19.4. The second-order valence-electron chi connectivity index (χ2n) is 5.39. The highest BCUT2D eigenvalue weighted by molar-refractivity contribution is 4.80. The van der Waals surface area contributed by atoms with Crippen molar-refractivity contribution in [2.24, 2.45) is 5.92 Å². The summed E-state index contributed by atoms with van der Waals surface area (Å²) in [7, 11) is 0. The molecule has 1 aliphatic rings. The van der Waals surface area contributed by atoms with Gasteiger partial charge in [0.25, 0.3) is 0 Å². The van der Waals surface area contributed by atoms with Crippen molar-refractivity contribution >= 4 is 0 Å². The Labute approximate surface area is 102 Å². The monoisotopic (exact) mass is 251 g/mol. The van der Waals surface area contributed by atoms with E-state index >= 15 is 0 Å². The molecule has 0 radical (unpaired) electrons. The molecule has 1 aliphatic carbocycles. The molecule has 0 spiro atoms. The van der Waals surface area contributed by atoms with Gasteiger partial charge in [-0.3, -0.25) is 0 Å². The molecule has 1 rings (SSSR count). The molecule has 1 saturated carbocycles. The van der Waals surface area contributed by atoms with Crippen LogP contribution in [0, 0.1) is 5.92 Å². The van der Waals surface area contributed by atoms with Gasteiger partial charge in [0, 0.05) is 12.1 Å². The van der Waals surface area contributed by atoms with Gasteiger partial charge in [-0.2, -0.15) is 13.2 Å². The summed E-state index contributed by atoms with van der Waals surface area (Å²) in [4.78, 5) is 0. The summed E-state index contributed by atoms with van der Waals surface area (Å²) in [5, 5.41) is 3.12. The van der Waals surface area contributed by atoms with Gasteiger partial charge in [0.05, 0.1) is 6.42 Å². The number of rotatable bonds is 5. The first-order valence-corrected chi connectivity index (χ1v) is 6.73. The Morgan fingerprint density at radius 1 is 1.18 bits per heavy atom. The number of hydrogen-bond donors (Lipinski definition) is 1. The highest BCUT2D eigenvalue weighted by Gasteiger charge is 2.31. The van der Waals surface area contributed by atoms with Crippen LogP contribution in [0.5, 0.6) is 0 Å². The standard InChI is InChI=1S/C13H24F3N/c1-3-4-11-5-7-12(8-6-11)17-10(2)9-13(14,15)16/h10-12,17H,3-9H2,1-2H3. The van der Waals surface area contributed by atoms with E-state index in [9.17, 15) is 13.2 Å². The van der Waals surface area contributed by atoms with E-state index < -0.39 is 18.6 Å². The summed E-state index contributed by atoms with van der Waals surface area (Å²) >= 11 is 0. The quantitative estimate of drug-likeness (QED) is 0.769. The molecule has 1 nitrogen and oxygen atoms in total. The maximum Gasteiger partial charge on any atom is 0.390 e. The predicted molar refractivity (Wildman–Crippen MR) is 63.9 cm³/mol. The summed E-state index contributed by atoms with van der Waals surface area (Å²) in [6.45, 7) is 3.82. The minimum absolute atomic E-state index is 0.292. The minimum atomic E-state index is -4.05. The normalized spacial score (nSPS) is 28.1. The smallest absolute Gasteiger partial charge is 0.311 e. The zero-order valence-electron chi connectivity index (χ0n) is 10.8. The molecule has 4 heteroatoms. The lowest BCUT2D eigenvalue weighted by Crippen LogP contribution is -2.41. The van der Waals surface area contributed by atoms with Crippen molar-refractivity contribution in [3.63, 3.8) is 0 Å². The largest absolute Gasteiger partial charge is 0.390 e. The molecule has 17 heavy (non-hydrogen) atoms. The molecule has 102 valence electrons. The average Bonchev–Trinajstić information content (AvgIpc) is 2.18. The lowest BCUT2D eigenvalue weighted by Gasteiger charge is -2.31. The van der Waals surface area contributed by atoms with Crippen LogP contribution in [0.25, 0.3) is 0 Å². The fraction of sp³-hybridized carbons (Fsp3) is 1.00. The first kappa shape index (κ1) is 14.8. The Kier molecular flexibility index (Phi) is 5.77. The molecule has 1 atom stereocenters. The molecule has 0 aromatic rings. The number of nitrogens with one attached hydrogen (secondary N) is 1. The van der Waals surface area contributed by atoms with Gasteiger partial charge in [-0.25, -0.2) is 0 Å². The number of halogens is 3. The van der Waals surface area contributed by atoms with Crippen LogP contribution in [-0.4, -0.2) is 18.3 Å². The van der Waals surface area contributed by atoms with Gasteiger partial charge in [0.1, 0.15) is 0 Å². The van der Waals surface area contributed by atoms with Gasteiger partial charge in [-0.15, -0.1) is 0 Å². The Balaban J connectivity index is 2.21. The summed E-state index contributed by atoms with van der Waals surface area (Å²) in [6, 6.07) is -0.164. The van der Waals surface area contributed by atoms with Crippen molar-refractivity contribution in [2.75, 3.05) is 0 Å². The molecule has 0 saturated heterocycles. The average molecular weight is 251 g/mol. The molecular formula is C13H24F3N. The van der Waals surface area contributed by atoms with Crippen molar-refractivity contribution < 1.29 is 13.2 Å². The zero-order chi connectivity index (χ0) is 12.9. The van der Waals surface area contributed by atoms with Gasteiger partial charge in [0.2, 0.25) is 0 Å². The van der Waals surface area contributed by atoms with E-state index in [-0.39, 0.29) is 0 Å². The maximum atomic E-state index is 12.2. The van der Waals surface area contributed by atoms with Crippen LogP contribution in [0.4, 0.5) is 13.2 Å². The predicted octanol–water partition coefficient (Wildman–Crippen LogP) is 4.28. The Bertz CT molecular complexity index is 207. The molecule has 0 aromatic carbocycles. The first-order chi connectivity index (χ1) is 7.90. The minimum Gasteiger partial charge on any atom is -0.311 e. The molecule has 0 heterocycles. The molecule has 1 N–H and O–H groups in total. The number of hydrogen-bond acceptors (Lipinski definition) is 1. The second kappa shape index (κ2) is 6.62. The van der Waals surface area contributed by atoms with E-state index in [0.717, 1.165) is 18.8 Å². The Morgan fingerprint density at radius 2 is 1.76 bits per heavy atom. The van der Waals surface area contributed by atoms with Gasteiger partial charge in [0.15, 0.2) is 0 Å². The van der Waals surface area contributed by atoms with Gasteiger partial charge < -0.3 is 5.32 Å². The highest BCUT2D eigenvalue weighted by Crippen LogP contribution is 2.29. The summed E-state index contributed by atoms with van der Waals surface area (Å²) < 4.78 is 36.5.